The van der Waals surface area contributed by atoms with E-state index >= 15 is 0 Å². The normalized spacial score (nSPS) is 12.2. The van der Waals surface area contributed by atoms with Crippen molar-refractivity contribution in [3.05, 3.63) is 65.2 Å². The van der Waals surface area contributed by atoms with Crippen LogP contribution in [-0.2, 0) is 16.0 Å². The molecule has 0 aliphatic heterocycles. The first kappa shape index (κ1) is 24.4. The fraction of sp³-hybridized carbons (Fsp3) is 0.462. The first-order valence-electron chi connectivity index (χ1n) is 11.0. The Morgan fingerprint density at radius 3 is 2.29 bits per heavy atom. The predicted molar refractivity (Wildman–Crippen MR) is 125 cm³/mol. The minimum absolute atomic E-state index is 0.101. The third-order valence-electron chi connectivity index (χ3n) is 5.21. The van der Waals surface area contributed by atoms with Crippen molar-refractivity contribution in [3.63, 3.8) is 0 Å². The zero-order valence-electron chi connectivity index (χ0n) is 19.7. The van der Waals surface area contributed by atoms with Gasteiger partial charge in [-0.3, -0.25) is 9.59 Å². The number of hydrogen-bond acceptors (Lipinski definition) is 3. The van der Waals surface area contributed by atoms with E-state index in [0.29, 0.717) is 25.1 Å². The van der Waals surface area contributed by atoms with Gasteiger partial charge in [0.25, 0.3) is 5.91 Å². The molecule has 2 rings (SSSR count). The Hall–Kier alpha value is -2.82. The van der Waals surface area contributed by atoms with Gasteiger partial charge in [-0.05, 0) is 76.3 Å². The summed E-state index contributed by atoms with van der Waals surface area (Å²) in [6.45, 7) is 12.2. The molecule has 0 aromatic heterocycles. The number of carbonyl (C=O) groups is 2. The Morgan fingerprint density at radius 1 is 1.03 bits per heavy atom. The average molecular weight is 425 g/mol. The summed E-state index contributed by atoms with van der Waals surface area (Å²) in [5.41, 5.74) is 3.05. The van der Waals surface area contributed by atoms with Crippen LogP contribution in [0.4, 0.5) is 0 Å². The van der Waals surface area contributed by atoms with Crippen LogP contribution in [-0.4, -0.2) is 41.4 Å². The SMILES string of the molecule is CCC(C(=O)NC(C)(C)C)N(CCc1ccccc1)C(=O)COc1ccc(C)c(C)c1. The zero-order valence-corrected chi connectivity index (χ0v) is 19.7. The van der Waals surface area contributed by atoms with Crippen molar-refractivity contribution >= 4 is 11.8 Å². The maximum atomic E-state index is 13.2. The lowest BCUT2D eigenvalue weighted by atomic mass is 10.1. The summed E-state index contributed by atoms with van der Waals surface area (Å²) in [7, 11) is 0. The lowest BCUT2D eigenvalue weighted by molar-refractivity contribution is -0.142. The van der Waals surface area contributed by atoms with Gasteiger partial charge >= 0.3 is 0 Å². The minimum Gasteiger partial charge on any atom is -0.484 e. The molecule has 5 heteroatoms. The molecule has 31 heavy (non-hydrogen) atoms. The number of rotatable bonds is 9. The van der Waals surface area contributed by atoms with Crippen LogP contribution < -0.4 is 10.1 Å². The Labute approximate surface area is 186 Å². The largest absolute Gasteiger partial charge is 0.484 e. The third kappa shape index (κ3) is 7.74. The summed E-state index contributed by atoms with van der Waals surface area (Å²) in [4.78, 5) is 27.8. The molecule has 0 bridgehead atoms. The number of aryl methyl sites for hydroxylation is 2. The molecule has 1 unspecified atom stereocenters. The molecule has 2 aromatic carbocycles. The topological polar surface area (TPSA) is 58.6 Å². The molecule has 1 atom stereocenters. The van der Waals surface area contributed by atoms with Crippen molar-refractivity contribution in [1.29, 1.82) is 0 Å². The van der Waals surface area contributed by atoms with Gasteiger partial charge in [-0.25, -0.2) is 0 Å². The van der Waals surface area contributed by atoms with E-state index in [1.54, 1.807) is 4.90 Å². The Balaban J connectivity index is 2.16. The molecule has 0 heterocycles. The summed E-state index contributed by atoms with van der Waals surface area (Å²) in [6.07, 6.45) is 1.21. The van der Waals surface area contributed by atoms with Crippen LogP contribution in [0.1, 0.15) is 50.8 Å². The lowest BCUT2D eigenvalue weighted by Crippen LogP contribution is -2.54. The minimum atomic E-state index is -0.543. The van der Waals surface area contributed by atoms with Gasteiger partial charge in [-0.15, -0.1) is 0 Å². The fourth-order valence-electron chi connectivity index (χ4n) is 3.38. The molecule has 0 aliphatic carbocycles. The molecule has 0 saturated carbocycles. The van der Waals surface area contributed by atoms with Gasteiger partial charge in [-0.1, -0.05) is 43.3 Å². The fourth-order valence-corrected chi connectivity index (χ4v) is 3.38. The second kappa shape index (κ2) is 11.0. The van der Waals surface area contributed by atoms with Crippen LogP contribution in [0.3, 0.4) is 0 Å². The standard InChI is InChI=1S/C26H36N2O3/c1-7-23(25(30)27-26(4,5)6)28(16-15-21-11-9-8-10-12-21)24(29)18-31-22-14-13-19(2)20(3)17-22/h8-14,17,23H,7,15-16,18H2,1-6H3,(H,27,30). The van der Waals surface area contributed by atoms with E-state index in [-0.39, 0.29) is 24.0 Å². The molecule has 0 saturated heterocycles. The first-order chi connectivity index (χ1) is 14.6. The Morgan fingerprint density at radius 2 is 1.71 bits per heavy atom. The molecule has 1 N–H and O–H groups in total. The molecular weight excluding hydrogens is 388 g/mol. The first-order valence-corrected chi connectivity index (χ1v) is 11.0. The summed E-state index contributed by atoms with van der Waals surface area (Å²) in [6, 6.07) is 15.2. The maximum absolute atomic E-state index is 13.2. The van der Waals surface area contributed by atoms with Gasteiger partial charge in [0, 0.05) is 12.1 Å². The molecule has 5 nitrogen and oxygen atoms in total. The Kier molecular flexibility index (Phi) is 8.66. The van der Waals surface area contributed by atoms with Gasteiger partial charge in [0.2, 0.25) is 5.91 Å². The van der Waals surface area contributed by atoms with E-state index in [4.69, 9.17) is 4.74 Å². The van der Waals surface area contributed by atoms with Gasteiger partial charge in [0.15, 0.2) is 6.61 Å². The van der Waals surface area contributed by atoms with Crippen molar-refractivity contribution in [2.24, 2.45) is 0 Å². The number of amides is 2. The van der Waals surface area contributed by atoms with E-state index in [0.717, 1.165) is 11.1 Å². The van der Waals surface area contributed by atoms with Crippen LogP contribution in [0, 0.1) is 13.8 Å². The third-order valence-corrected chi connectivity index (χ3v) is 5.21. The van der Waals surface area contributed by atoms with Crippen LogP contribution >= 0.6 is 0 Å². The van der Waals surface area contributed by atoms with E-state index in [9.17, 15) is 9.59 Å². The number of hydrogen-bond donors (Lipinski definition) is 1. The van der Waals surface area contributed by atoms with E-state index in [2.05, 4.69) is 5.32 Å². The highest BCUT2D eigenvalue weighted by Crippen LogP contribution is 2.17. The molecule has 2 amide bonds. The quantitative estimate of drug-likeness (QED) is 0.647. The summed E-state index contributed by atoms with van der Waals surface area (Å²) >= 11 is 0. The monoisotopic (exact) mass is 424 g/mol. The molecular formula is C26H36N2O3. The zero-order chi connectivity index (χ0) is 23.0. The maximum Gasteiger partial charge on any atom is 0.261 e. The van der Waals surface area contributed by atoms with Gasteiger partial charge in [0.05, 0.1) is 0 Å². The molecule has 0 aliphatic rings. The molecule has 168 valence electrons. The molecule has 2 aromatic rings. The molecule has 0 spiro atoms. The summed E-state index contributed by atoms with van der Waals surface area (Å²) in [5, 5.41) is 3.02. The average Bonchev–Trinajstić information content (AvgIpc) is 2.71. The van der Waals surface area contributed by atoms with Crippen molar-refractivity contribution in [2.75, 3.05) is 13.2 Å². The Bertz CT molecular complexity index is 872. The second-order valence-corrected chi connectivity index (χ2v) is 9.02. The van der Waals surface area contributed by atoms with Gasteiger partial charge in [-0.2, -0.15) is 0 Å². The van der Waals surface area contributed by atoms with Crippen LogP contribution in [0.15, 0.2) is 48.5 Å². The number of ether oxygens (including phenoxy) is 1. The van der Waals surface area contributed by atoms with Crippen molar-refractivity contribution in [3.8, 4) is 5.75 Å². The van der Waals surface area contributed by atoms with Crippen LogP contribution in [0.25, 0.3) is 0 Å². The highest BCUT2D eigenvalue weighted by Gasteiger charge is 2.30. The van der Waals surface area contributed by atoms with Crippen molar-refractivity contribution < 1.29 is 14.3 Å². The number of nitrogens with one attached hydrogen (secondary N) is 1. The smallest absolute Gasteiger partial charge is 0.261 e. The highest BCUT2D eigenvalue weighted by molar-refractivity contribution is 5.88. The highest BCUT2D eigenvalue weighted by atomic mass is 16.5. The van der Waals surface area contributed by atoms with Crippen molar-refractivity contribution in [2.45, 2.75) is 66.0 Å². The molecule has 0 fully saturated rings. The van der Waals surface area contributed by atoms with E-state index < -0.39 is 6.04 Å². The van der Waals surface area contributed by atoms with Gasteiger partial charge < -0.3 is 15.0 Å². The number of nitrogens with zero attached hydrogens (tertiary/aromatic N) is 1. The van der Waals surface area contributed by atoms with Gasteiger partial charge in [0.1, 0.15) is 11.8 Å². The summed E-state index contributed by atoms with van der Waals surface area (Å²) in [5.74, 6) is 0.333. The number of carbonyl (C=O) groups excluding carboxylic acids is 2. The summed E-state index contributed by atoms with van der Waals surface area (Å²) < 4.78 is 5.79. The van der Waals surface area contributed by atoms with Crippen molar-refractivity contribution in [1.82, 2.24) is 10.2 Å². The molecule has 0 radical (unpaired) electrons. The van der Waals surface area contributed by atoms with Crippen LogP contribution in [0.5, 0.6) is 5.75 Å². The number of benzene rings is 2. The second-order valence-electron chi connectivity index (χ2n) is 9.02. The van der Waals surface area contributed by atoms with E-state index in [1.807, 2.05) is 90.1 Å². The van der Waals surface area contributed by atoms with E-state index in [1.165, 1.54) is 5.56 Å². The predicted octanol–water partition coefficient (Wildman–Crippen LogP) is 4.45. The lowest BCUT2D eigenvalue weighted by Gasteiger charge is -2.33. The van der Waals surface area contributed by atoms with Crippen LogP contribution in [0.2, 0.25) is 0 Å².